The predicted molar refractivity (Wildman–Crippen MR) is 90.0 cm³/mol. The highest BCUT2D eigenvalue weighted by Gasteiger charge is 2.26. The standard InChI is InChI=1S/C16H20FN3O5S/c1-11(15(21)20(4)9-5-8-18)25-16(22)13-10-12(6-7-14(13)17)26(23,24)19(2)3/h6-7,10-11H,5,9H2,1-4H3/t11-/m1/s1. The molecule has 8 nitrogen and oxygen atoms in total. The largest absolute Gasteiger partial charge is 0.449 e. The molecule has 1 atom stereocenters. The van der Waals surface area contributed by atoms with Crippen molar-refractivity contribution in [2.45, 2.75) is 24.3 Å². The summed E-state index contributed by atoms with van der Waals surface area (Å²) in [5.41, 5.74) is -0.591. The maximum Gasteiger partial charge on any atom is 0.341 e. The second-order valence-corrected chi connectivity index (χ2v) is 7.80. The van der Waals surface area contributed by atoms with Crippen LogP contribution in [0.3, 0.4) is 0 Å². The number of nitriles is 1. The Morgan fingerprint density at radius 3 is 2.46 bits per heavy atom. The molecule has 0 N–H and O–H groups in total. The molecule has 26 heavy (non-hydrogen) atoms. The molecule has 0 heterocycles. The van der Waals surface area contributed by atoms with E-state index in [-0.39, 0.29) is 17.9 Å². The maximum atomic E-state index is 13.9. The highest BCUT2D eigenvalue weighted by atomic mass is 32.2. The summed E-state index contributed by atoms with van der Waals surface area (Å²) in [4.78, 5) is 25.2. The normalized spacial score (nSPS) is 12.3. The summed E-state index contributed by atoms with van der Waals surface area (Å²) in [6.45, 7) is 1.46. The number of carbonyl (C=O) groups is 2. The van der Waals surface area contributed by atoms with Crippen molar-refractivity contribution in [3.8, 4) is 6.07 Å². The number of benzene rings is 1. The number of sulfonamides is 1. The lowest BCUT2D eigenvalue weighted by atomic mass is 10.2. The van der Waals surface area contributed by atoms with E-state index >= 15 is 0 Å². The molecule has 142 valence electrons. The Bertz CT molecular complexity index is 833. The van der Waals surface area contributed by atoms with Crippen LogP contribution in [0.5, 0.6) is 0 Å². The van der Waals surface area contributed by atoms with Crippen molar-refractivity contribution in [1.29, 1.82) is 5.26 Å². The number of amides is 1. The van der Waals surface area contributed by atoms with E-state index in [4.69, 9.17) is 10.00 Å². The summed E-state index contributed by atoms with van der Waals surface area (Å²) < 4.78 is 44.0. The van der Waals surface area contributed by atoms with Gasteiger partial charge in [0.15, 0.2) is 6.10 Å². The minimum Gasteiger partial charge on any atom is -0.449 e. The fraction of sp³-hybridized carbons (Fsp3) is 0.438. The fourth-order valence-electron chi connectivity index (χ4n) is 1.94. The molecule has 1 amide bonds. The van der Waals surface area contributed by atoms with Crippen LogP contribution in [0.25, 0.3) is 0 Å². The van der Waals surface area contributed by atoms with Crippen LogP contribution >= 0.6 is 0 Å². The van der Waals surface area contributed by atoms with Gasteiger partial charge in [-0.3, -0.25) is 4.79 Å². The van der Waals surface area contributed by atoms with E-state index in [2.05, 4.69) is 0 Å². The number of carbonyl (C=O) groups excluding carboxylic acids is 2. The van der Waals surface area contributed by atoms with Crippen molar-refractivity contribution in [1.82, 2.24) is 9.21 Å². The van der Waals surface area contributed by atoms with Gasteiger partial charge in [-0.15, -0.1) is 0 Å². The van der Waals surface area contributed by atoms with Gasteiger partial charge in [0.1, 0.15) is 5.82 Å². The molecule has 1 aromatic rings. The van der Waals surface area contributed by atoms with Crippen molar-refractivity contribution >= 4 is 21.9 Å². The molecule has 1 aromatic carbocycles. The highest BCUT2D eigenvalue weighted by Crippen LogP contribution is 2.19. The van der Waals surface area contributed by atoms with Crippen molar-refractivity contribution in [2.75, 3.05) is 27.7 Å². The molecule has 0 bridgehead atoms. The van der Waals surface area contributed by atoms with Gasteiger partial charge in [-0.2, -0.15) is 5.26 Å². The van der Waals surface area contributed by atoms with Crippen LogP contribution in [0.1, 0.15) is 23.7 Å². The third-order valence-corrected chi connectivity index (χ3v) is 5.31. The summed E-state index contributed by atoms with van der Waals surface area (Å²) >= 11 is 0. The zero-order valence-corrected chi connectivity index (χ0v) is 15.7. The molecule has 1 rings (SSSR count). The van der Waals surface area contributed by atoms with Gasteiger partial charge in [-0.1, -0.05) is 0 Å². The van der Waals surface area contributed by atoms with Crippen molar-refractivity contribution in [2.24, 2.45) is 0 Å². The van der Waals surface area contributed by atoms with Crippen LogP contribution in [0.2, 0.25) is 0 Å². The summed E-state index contributed by atoms with van der Waals surface area (Å²) in [7, 11) is 0.174. The molecule has 0 saturated carbocycles. The van der Waals surface area contributed by atoms with Crippen molar-refractivity contribution in [3.63, 3.8) is 0 Å². The zero-order valence-electron chi connectivity index (χ0n) is 14.9. The Morgan fingerprint density at radius 1 is 1.31 bits per heavy atom. The molecule has 0 aliphatic heterocycles. The molecular weight excluding hydrogens is 365 g/mol. The van der Waals surface area contributed by atoms with E-state index in [1.807, 2.05) is 6.07 Å². The average Bonchev–Trinajstić information content (AvgIpc) is 2.58. The molecule has 0 saturated heterocycles. The van der Waals surface area contributed by atoms with Crippen LogP contribution in [0, 0.1) is 17.1 Å². The molecule has 0 aliphatic rings. The van der Waals surface area contributed by atoms with Gasteiger partial charge in [-0.25, -0.2) is 21.9 Å². The number of rotatable bonds is 7. The molecule has 0 spiro atoms. The summed E-state index contributed by atoms with van der Waals surface area (Å²) in [5, 5.41) is 8.52. The Kier molecular flexibility index (Phi) is 7.23. The zero-order chi connectivity index (χ0) is 20.1. The molecule has 0 aliphatic carbocycles. The lowest BCUT2D eigenvalue weighted by Crippen LogP contribution is -2.38. The number of esters is 1. The third-order valence-electron chi connectivity index (χ3n) is 3.50. The number of nitrogens with zero attached hydrogens (tertiary/aromatic N) is 3. The minimum absolute atomic E-state index is 0.113. The quantitative estimate of drug-likeness (QED) is 0.648. The third kappa shape index (κ3) is 5.00. The van der Waals surface area contributed by atoms with E-state index < -0.39 is 39.4 Å². The van der Waals surface area contributed by atoms with Gasteiger partial charge in [0, 0.05) is 27.7 Å². The minimum atomic E-state index is -3.87. The SMILES string of the molecule is C[C@@H](OC(=O)c1cc(S(=O)(=O)N(C)C)ccc1F)C(=O)N(C)CCC#N. The lowest BCUT2D eigenvalue weighted by molar-refractivity contribution is -0.138. The lowest BCUT2D eigenvalue weighted by Gasteiger charge is -2.20. The molecule has 0 fully saturated rings. The smallest absolute Gasteiger partial charge is 0.341 e. The number of likely N-dealkylation sites (N-methyl/N-ethyl adjacent to an activating group) is 1. The first kappa shape index (κ1) is 21.5. The Hall–Kier alpha value is -2.51. The summed E-state index contributed by atoms with van der Waals surface area (Å²) in [5.74, 6) is -2.69. The van der Waals surface area contributed by atoms with E-state index in [9.17, 15) is 22.4 Å². The van der Waals surface area contributed by atoms with Crippen LogP contribution in [0.15, 0.2) is 23.1 Å². The van der Waals surface area contributed by atoms with Crippen LogP contribution in [-0.4, -0.2) is 63.3 Å². The van der Waals surface area contributed by atoms with Crippen molar-refractivity contribution in [3.05, 3.63) is 29.6 Å². The number of halogens is 1. The summed E-state index contributed by atoms with van der Waals surface area (Å²) in [6, 6.07) is 4.63. The monoisotopic (exact) mass is 385 g/mol. The summed E-state index contributed by atoms with van der Waals surface area (Å²) in [6.07, 6.45) is -1.11. The molecule has 0 aromatic heterocycles. The molecule has 0 radical (unpaired) electrons. The van der Waals surface area contributed by atoms with Crippen molar-refractivity contribution < 1.29 is 27.1 Å². The Balaban J connectivity index is 3.01. The maximum absolute atomic E-state index is 13.9. The first-order chi connectivity index (χ1) is 12.0. The van der Waals surface area contributed by atoms with E-state index in [1.165, 1.54) is 33.0 Å². The Labute approximate surface area is 151 Å². The average molecular weight is 385 g/mol. The van der Waals surface area contributed by atoms with E-state index in [0.29, 0.717) is 0 Å². The van der Waals surface area contributed by atoms with Crippen LogP contribution in [-0.2, 0) is 19.6 Å². The van der Waals surface area contributed by atoms with Gasteiger partial charge in [-0.05, 0) is 25.1 Å². The number of hydrogen-bond donors (Lipinski definition) is 0. The number of hydrogen-bond acceptors (Lipinski definition) is 6. The Morgan fingerprint density at radius 2 is 1.92 bits per heavy atom. The molecular formula is C16H20FN3O5S. The van der Waals surface area contributed by atoms with Gasteiger partial charge in [0.25, 0.3) is 5.91 Å². The van der Waals surface area contributed by atoms with Gasteiger partial charge >= 0.3 is 5.97 Å². The first-order valence-corrected chi connectivity index (χ1v) is 9.01. The van der Waals surface area contributed by atoms with Crippen LogP contribution in [0.4, 0.5) is 4.39 Å². The number of ether oxygens (including phenoxy) is 1. The van der Waals surface area contributed by atoms with Gasteiger partial charge in [0.2, 0.25) is 10.0 Å². The topological polar surface area (TPSA) is 108 Å². The van der Waals surface area contributed by atoms with Gasteiger partial charge in [0.05, 0.1) is 22.9 Å². The van der Waals surface area contributed by atoms with E-state index in [1.54, 1.807) is 0 Å². The van der Waals surface area contributed by atoms with E-state index in [0.717, 1.165) is 22.5 Å². The fourth-order valence-corrected chi connectivity index (χ4v) is 2.87. The van der Waals surface area contributed by atoms with Crippen LogP contribution < -0.4 is 0 Å². The first-order valence-electron chi connectivity index (χ1n) is 7.57. The highest BCUT2D eigenvalue weighted by molar-refractivity contribution is 7.89. The second kappa shape index (κ2) is 8.73. The molecule has 0 unspecified atom stereocenters. The predicted octanol–water partition coefficient (Wildman–Crippen LogP) is 0.993. The van der Waals surface area contributed by atoms with Gasteiger partial charge < -0.3 is 9.64 Å². The molecule has 10 heteroatoms. The second-order valence-electron chi connectivity index (χ2n) is 5.64.